The van der Waals surface area contributed by atoms with Gasteiger partial charge in [0, 0.05) is 30.6 Å². The van der Waals surface area contributed by atoms with Crippen molar-refractivity contribution in [2.75, 3.05) is 20.2 Å². The number of rotatable bonds is 5. The second-order valence-corrected chi connectivity index (χ2v) is 8.86. The van der Waals surface area contributed by atoms with Crippen LogP contribution in [0.5, 0.6) is 11.5 Å². The molecule has 31 heavy (non-hydrogen) atoms. The maximum Gasteiger partial charge on any atom is 0.308 e. The highest BCUT2D eigenvalue weighted by Crippen LogP contribution is 2.42. The predicted octanol–water partition coefficient (Wildman–Crippen LogP) is 4.00. The molecule has 164 valence electrons. The van der Waals surface area contributed by atoms with Crippen molar-refractivity contribution >= 4 is 11.9 Å². The lowest BCUT2D eigenvalue weighted by Crippen LogP contribution is -2.40. The van der Waals surface area contributed by atoms with Crippen molar-refractivity contribution < 1.29 is 23.8 Å². The van der Waals surface area contributed by atoms with Gasteiger partial charge in [-0.15, -0.1) is 0 Å². The molecule has 0 bridgehead atoms. The van der Waals surface area contributed by atoms with Gasteiger partial charge in [0.15, 0.2) is 11.5 Å². The summed E-state index contributed by atoms with van der Waals surface area (Å²) in [6.45, 7) is 5.69. The Morgan fingerprint density at radius 1 is 1.10 bits per heavy atom. The van der Waals surface area contributed by atoms with Crippen molar-refractivity contribution in [3.63, 3.8) is 0 Å². The van der Waals surface area contributed by atoms with E-state index in [1.165, 1.54) is 12.7 Å². The van der Waals surface area contributed by atoms with Gasteiger partial charge in [0.25, 0.3) is 5.91 Å². The Hall–Kier alpha value is -3.02. The van der Waals surface area contributed by atoms with Gasteiger partial charge in [-0.05, 0) is 50.5 Å². The Bertz CT molecular complexity index is 958. The number of nitrogens with zero attached hydrogens (tertiary/aromatic N) is 1. The first kappa shape index (κ1) is 21.2. The first-order valence-electron chi connectivity index (χ1n) is 10.8. The Kier molecular flexibility index (Phi) is 5.90. The maximum absolute atomic E-state index is 12.8. The molecule has 4 rings (SSSR count). The number of benzene rings is 2. The molecule has 0 N–H and O–H groups in total. The Morgan fingerprint density at radius 3 is 2.48 bits per heavy atom. The standard InChI is InChI=1S/C25H29NO5/c1-25(2)15-20-5-4-6-21(22(20)31-25)30-16-17-7-9-18(10-8-17)23(27)26-13-11-19(12-14-26)24(28)29-3/h4-10,19H,11-16H2,1-3H3. The minimum atomic E-state index is -0.213. The topological polar surface area (TPSA) is 65.1 Å². The molecule has 0 aromatic heterocycles. The summed E-state index contributed by atoms with van der Waals surface area (Å²) in [4.78, 5) is 26.3. The van der Waals surface area contributed by atoms with Crippen LogP contribution in [-0.4, -0.2) is 42.6 Å². The summed E-state index contributed by atoms with van der Waals surface area (Å²) in [5, 5.41) is 0. The molecule has 0 spiro atoms. The number of piperidine rings is 1. The second-order valence-electron chi connectivity index (χ2n) is 8.86. The molecule has 0 saturated carbocycles. The van der Waals surface area contributed by atoms with Gasteiger partial charge in [-0.1, -0.05) is 24.3 Å². The zero-order valence-electron chi connectivity index (χ0n) is 18.3. The van der Waals surface area contributed by atoms with E-state index in [1.54, 1.807) is 4.90 Å². The number of carbonyl (C=O) groups is 2. The van der Waals surface area contributed by atoms with Gasteiger partial charge in [0.05, 0.1) is 13.0 Å². The first-order valence-corrected chi connectivity index (χ1v) is 10.8. The fourth-order valence-electron chi connectivity index (χ4n) is 4.27. The van der Waals surface area contributed by atoms with Crippen LogP contribution in [0.25, 0.3) is 0 Å². The molecule has 1 amide bonds. The lowest BCUT2D eigenvalue weighted by Gasteiger charge is -2.30. The van der Waals surface area contributed by atoms with Crippen molar-refractivity contribution in [1.29, 1.82) is 0 Å². The molecular weight excluding hydrogens is 394 g/mol. The molecular formula is C25H29NO5. The highest BCUT2D eigenvalue weighted by atomic mass is 16.5. The summed E-state index contributed by atoms with van der Waals surface area (Å²) in [6, 6.07) is 13.5. The van der Waals surface area contributed by atoms with Crippen LogP contribution in [0.1, 0.15) is 48.2 Å². The Balaban J connectivity index is 1.34. The van der Waals surface area contributed by atoms with E-state index in [-0.39, 0.29) is 23.4 Å². The minimum Gasteiger partial charge on any atom is -0.485 e. The number of methoxy groups -OCH3 is 1. The Morgan fingerprint density at radius 2 is 1.81 bits per heavy atom. The summed E-state index contributed by atoms with van der Waals surface area (Å²) < 4.78 is 16.9. The van der Waals surface area contributed by atoms with E-state index < -0.39 is 0 Å². The number of hydrogen-bond donors (Lipinski definition) is 0. The molecule has 0 atom stereocenters. The number of esters is 1. The number of para-hydroxylation sites is 1. The van der Waals surface area contributed by atoms with Gasteiger partial charge in [0.1, 0.15) is 12.2 Å². The molecule has 1 fully saturated rings. The second kappa shape index (κ2) is 8.61. The van der Waals surface area contributed by atoms with Crippen LogP contribution in [0.4, 0.5) is 0 Å². The Labute approximate surface area is 183 Å². The summed E-state index contributed by atoms with van der Waals surface area (Å²) in [5.41, 5.74) is 2.58. The molecule has 1 saturated heterocycles. The zero-order valence-corrected chi connectivity index (χ0v) is 18.3. The number of amides is 1. The van der Waals surface area contributed by atoms with Crippen molar-refractivity contribution in [3.8, 4) is 11.5 Å². The summed E-state index contributed by atoms with van der Waals surface area (Å²) in [5.74, 6) is 1.27. The number of hydrogen-bond acceptors (Lipinski definition) is 5. The molecule has 0 radical (unpaired) electrons. The normalized spacial score (nSPS) is 17.6. The van der Waals surface area contributed by atoms with Crippen molar-refractivity contribution in [2.24, 2.45) is 5.92 Å². The average molecular weight is 424 g/mol. The molecule has 6 heteroatoms. The van der Waals surface area contributed by atoms with E-state index in [1.807, 2.05) is 36.4 Å². The molecule has 0 aliphatic carbocycles. The molecule has 2 aromatic rings. The van der Waals surface area contributed by atoms with E-state index >= 15 is 0 Å². The summed E-state index contributed by atoms with van der Waals surface area (Å²) in [7, 11) is 1.41. The molecule has 2 aliphatic rings. The van der Waals surface area contributed by atoms with Crippen molar-refractivity contribution in [2.45, 2.75) is 45.3 Å². The monoisotopic (exact) mass is 423 g/mol. The third-order valence-electron chi connectivity index (χ3n) is 5.97. The van der Waals surface area contributed by atoms with E-state index in [9.17, 15) is 9.59 Å². The van der Waals surface area contributed by atoms with Gasteiger partial charge in [-0.3, -0.25) is 9.59 Å². The summed E-state index contributed by atoms with van der Waals surface area (Å²) in [6.07, 6.45) is 2.16. The fraction of sp³-hybridized carbons (Fsp3) is 0.440. The molecule has 6 nitrogen and oxygen atoms in total. The van der Waals surface area contributed by atoms with E-state index in [4.69, 9.17) is 14.2 Å². The largest absolute Gasteiger partial charge is 0.485 e. The van der Waals surface area contributed by atoms with E-state index in [0.29, 0.717) is 38.1 Å². The highest BCUT2D eigenvalue weighted by Gasteiger charge is 2.32. The fourth-order valence-corrected chi connectivity index (χ4v) is 4.27. The van der Waals surface area contributed by atoms with E-state index in [0.717, 1.165) is 23.5 Å². The average Bonchev–Trinajstić information content (AvgIpc) is 3.11. The number of likely N-dealkylation sites (tertiary alicyclic amines) is 1. The van der Waals surface area contributed by atoms with Crippen LogP contribution in [-0.2, 0) is 22.6 Å². The van der Waals surface area contributed by atoms with Crippen LogP contribution in [0.3, 0.4) is 0 Å². The van der Waals surface area contributed by atoms with Crippen LogP contribution in [0, 0.1) is 5.92 Å². The quantitative estimate of drug-likeness (QED) is 0.680. The SMILES string of the molecule is COC(=O)C1CCN(C(=O)c2ccc(COc3cccc4c3OC(C)(C)C4)cc2)CC1. The third kappa shape index (κ3) is 4.68. The smallest absolute Gasteiger partial charge is 0.308 e. The lowest BCUT2D eigenvalue weighted by molar-refractivity contribution is -0.146. The number of fused-ring (bicyclic) bond motifs is 1. The molecule has 2 heterocycles. The number of carbonyl (C=O) groups excluding carboxylic acids is 2. The van der Waals surface area contributed by atoms with E-state index in [2.05, 4.69) is 19.9 Å². The van der Waals surface area contributed by atoms with Crippen molar-refractivity contribution in [1.82, 2.24) is 4.90 Å². The van der Waals surface area contributed by atoms with Crippen LogP contribution in [0.2, 0.25) is 0 Å². The maximum atomic E-state index is 12.8. The number of ether oxygens (including phenoxy) is 3. The minimum absolute atomic E-state index is 0.00713. The van der Waals surface area contributed by atoms with Gasteiger partial charge >= 0.3 is 5.97 Å². The molecule has 0 unspecified atom stereocenters. The van der Waals surface area contributed by atoms with Crippen LogP contribution < -0.4 is 9.47 Å². The third-order valence-corrected chi connectivity index (χ3v) is 5.97. The van der Waals surface area contributed by atoms with Crippen LogP contribution >= 0.6 is 0 Å². The van der Waals surface area contributed by atoms with Crippen LogP contribution in [0.15, 0.2) is 42.5 Å². The summed E-state index contributed by atoms with van der Waals surface area (Å²) >= 11 is 0. The van der Waals surface area contributed by atoms with Gasteiger partial charge in [-0.2, -0.15) is 0 Å². The van der Waals surface area contributed by atoms with Gasteiger partial charge in [0.2, 0.25) is 0 Å². The molecule has 2 aromatic carbocycles. The highest BCUT2D eigenvalue weighted by molar-refractivity contribution is 5.94. The predicted molar refractivity (Wildman–Crippen MR) is 116 cm³/mol. The lowest BCUT2D eigenvalue weighted by atomic mass is 9.96. The van der Waals surface area contributed by atoms with Gasteiger partial charge in [-0.25, -0.2) is 0 Å². The molecule has 2 aliphatic heterocycles. The van der Waals surface area contributed by atoms with Gasteiger partial charge < -0.3 is 19.1 Å². The zero-order chi connectivity index (χ0) is 22.0. The first-order chi connectivity index (χ1) is 14.9. The van der Waals surface area contributed by atoms with Crippen molar-refractivity contribution in [3.05, 3.63) is 59.2 Å².